The molecule has 0 N–H and O–H groups in total. The lowest BCUT2D eigenvalue weighted by atomic mass is 9.95. The molecular weight excluding hydrogens is 186 g/mol. The van der Waals surface area contributed by atoms with Gasteiger partial charge in [0, 0.05) is 20.1 Å². The molecule has 0 aromatic carbocycles. The summed E-state index contributed by atoms with van der Waals surface area (Å²) in [5.41, 5.74) is 0. The first-order chi connectivity index (χ1) is 6.62. The number of carbonyl (C=O) groups excluding carboxylic acids is 1. The summed E-state index contributed by atoms with van der Waals surface area (Å²) in [5, 5.41) is 8.78. The molecule has 14 heavy (non-hydrogen) atoms. The van der Waals surface area contributed by atoms with Crippen LogP contribution in [0.25, 0.3) is 0 Å². The summed E-state index contributed by atoms with van der Waals surface area (Å²) < 4.78 is 14.4. The highest BCUT2D eigenvalue weighted by Gasteiger charge is 2.32. The zero-order valence-electron chi connectivity index (χ0n) is 8.81. The topological polar surface area (TPSA) is 68.6 Å². The predicted molar refractivity (Wildman–Crippen MR) is 48.1 cm³/mol. The van der Waals surface area contributed by atoms with Crippen molar-refractivity contribution in [3.63, 3.8) is 0 Å². The number of hydrogen-bond donors (Lipinski definition) is 0. The normalized spacial score (nSPS) is 14.6. The van der Waals surface area contributed by atoms with Crippen LogP contribution in [0.5, 0.6) is 0 Å². The highest BCUT2D eigenvalue weighted by atomic mass is 16.7. The second-order valence-electron chi connectivity index (χ2n) is 2.83. The molecule has 0 aliphatic heterocycles. The molecule has 2 atom stereocenters. The predicted octanol–water partition coefficient (Wildman–Crippen LogP) is 0.554. The number of esters is 1. The van der Waals surface area contributed by atoms with Gasteiger partial charge in [0.05, 0.1) is 13.2 Å². The summed E-state index contributed by atoms with van der Waals surface area (Å²) in [6.07, 6.45) is -0.584. The molecule has 0 aromatic heterocycles. The van der Waals surface area contributed by atoms with Crippen molar-refractivity contribution in [3.05, 3.63) is 0 Å². The Kier molecular flexibility index (Phi) is 5.84. The quantitative estimate of drug-likeness (QED) is 0.480. The molecule has 80 valence electrons. The fourth-order valence-electron chi connectivity index (χ4n) is 1.19. The van der Waals surface area contributed by atoms with E-state index in [2.05, 4.69) is 4.74 Å². The molecule has 0 radical (unpaired) electrons. The summed E-state index contributed by atoms with van der Waals surface area (Å²) in [6, 6.07) is 1.87. The van der Waals surface area contributed by atoms with Gasteiger partial charge in [0.2, 0.25) is 0 Å². The fraction of sp³-hybridized carbons (Fsp3) is 0.778. The van der Waals surface area contributed by atoms with Crippen molar-refractivity contribution >= 4 is 5.97 Å². The smallest absolute Gasteiger partial charge is 0.323 e. The molecule has 0 saturated carbocycles. The van der Waals surface area contributed by atoms with Gasteiger partial charge in [-0.25, -0.2) is 0 Å². The summed E-state index contributed by atoms with van der Waals surface area (Å²) in [4.78, 5) is 11.2. The monoisotopic (exact) mass is 201 g/mol. The van der Waals surface area contributed by atoms with E-state index in [1.807, 2.05) is 6.07 Å². The molecule has 0 aliphatic rings. The van der Waals surface area contributed by atoms with Gasteiger partial charge in [-0.2, -0.15) is 5.26 Å². The number of nitrogens with zero attached hydrogens (tertiary/aromatic N) is 1. The Morgan fingerprint density at radius 1 is 1.29 bits per heavy atom. The van der Waals surface area contributed by atoms with Crippen LogP contribution in [0.3, 0.4) is 0 Å². The number of hydrogen-bond acceptors (Lipinski definition) is 5. The van der Waals surface area contributed by atoms with Gasteiger partial charge in [0.25, 0.3) is 0 Å². The third-order valence-corrected chi connectivity index (χ3v) is 2.01. The van der Waals surface area contributed by atoms with Gasteiger partial charge in [0.1, 0.15) is 0 Å². The number of carbonyl (C=O) groups is 1. The summed E-state index contributed by atoms with van der Waals surface area (Å²) in [7, 11) is 4.15. The number of rotatable bonds is 5. The van der Waals surface area contributed by atoms with Gasteiger partial charge in [-0.3, -0.25) is 4.79 Å². The van der Waals surface area contributed by atoms with Crippen molar-refractivity contribution in [2.24, 2.45) is 11.8 Å². The minimum Gasteiger partial charge on any atom is -0.468 e. The molecule has 0 heterocycles. The summed E-state index contributed by atoms with van der Waals surface area (Å²) >= 11 is 0. The van der Waals surface area contributed by atoms with Crippen LogP contribution >= 0.6 is 0 Å². The standard InChI is InChI=1S/C9H15NO4/c1-6(9(13-3)14-4)7(5-10)8(11)12-2/h6-7,9H,1-4H3. The first-order valence-corrected chi connectivity index (χ1v) is 4.15. The molecule has 0 fully saturated rings. The minimum absolute atomic E-state index is 0.373. The first kappa shape index (κ1) is 12.9. The van der Waals surface area contributed by atoms with Crippen molar-refractivity contribution < 1.29 is 19.0 Å². The van der Waals surface area contributed by atoms with E-state index in [9.17, 15) is 4.79 Å². The van der Waals surface area contributed by atoms with Crippen LogP contribution in [0.15, 0.2) is 0 Å². The zero-order valence-corrected chi connectivity index (χ0v) is 8.81. The Bertz CT molecular complexity index is 219. The van der Waals surface area contributed by atoms with Crippen molar-refractivity contribution in [2.45, 2.75) is 13.2 Å². The van der Waals surface area contributed by atoms with Gasteiger partial charge in [-0.05, 0) is 0 Å². The molecule has 0 amide bonds. The van der Waals surface area contributed by atoms with Crippen molar-refractivity contribution in [2.75, 3.05) is 21.3 Å². The Hall–Kier alpha value is -1.12. The minimum atomic E-state index is -0.870. The van der Waals surface area contributed by atoms with Crippen LogP contribution in [-0.2, 0) is 19.0 Å². The molecule has 0 spiro atoms. The van der Waals surface area contributed by atoms with E-state index in [4.69, 9.17) is 14.7 Å². The lowest BCUT2D eigenvalue weighted by molar-refractivity contribution is -0.162. The van der Waals surface area contributed by atoms with E-state index in [0.29, 0.717) is 0 Å². The number of methoxy groups -OCH3 is 3. The van der Waals surface area contributed by atoms with E-state index in [1.54, 1.807) is 6.92 Å². The second-order valence-corrected chi connectivity index (χ2v) is 2.83. The lowest BCUT2D eigenvalue weighted by Gasteiger charge is -2.23. The van der Waals surface area contributed by atoms with Gasteiger partial charge in [-0.15, -0.1) is 0 Å². The maximum atomic E-state index is 11.2. The van der Waals surface area contributed by atoms with Crippen LogP contribution in [-0.4, -0.2) is 33.6 Å². The maximum absolute atomic E-state index is 11.2. The van der Waals surface area contributed by atoms with Gasteiger partial charge >= 0.3 is 5.97 Å². The molecule has 0 aliphatic carbocycles. The molecule has 2 unspecified atom stereocenters. The second kappa shape index (κ2) is 6.35. The number of nitriles is 1. The SMILES string of the molecule is COC(=O)C(C#N)C(C)C(OC)OC. The van der Waals surface area contributed by atoms with Crippen molar-refractivity contribution in [3.8, 4) is 6.07 Å². The Balaban J connectivity index is 4.53. The molecule has 5 heteroatoms. The Morgan fingerprint density at radius 3 is 2.07 bits per heavy atom. The van der Waals surface area contributed by atoms with E-state index in [0.717, 1.165) is 0 Å². The third kappa shape index (κ3) is 2.98. The van der Waals surface area contributed by atoms with E-state index < -0.39 is 18.2 Å². The summed E-state index contributed by atoms with van der Waals surface area (Å²) in [5.74, 6) is -1.81. The van der Waals surface area contributed by atoms with Gasteiger partial charge in [-0.1, -0.05) is 6.92 Å². The van der Waals surface area contributed by atoms with Gasteiger partial charge in [0.15, 0.2) is 12.2 Å². The molecule has 0 saturated heterocycles. The highest BCUT2D eigenvalue weighted by molar-refractivity contribution is 5.75. The lowest BCUT2D eigenvalue weighted by Crippen LogP contribution is -2.33. The van der Waals surface area contributed by atoms with Gasteiger partial charge < -0.3 is 14.2 Å². The van der Waals surface area contributed by atoms with E-state index in [1.165, 1.54) is 21.3 Å². The summed E-state index contributed by atoms with van der Waals surface area (Å²) in [6.45, 7) is 1.70. The van der Waals surface area contributed by atoms with Crippen LogP contribution in [0.1, 0.15) is 6.92 Å². The third-order valence-electron chi connectivity index (χ3n) is 2.01. The maximum Gasteiger partial charge on any atom is 0.323 e. The van der Waals surface area contributed by atoms with Crippen LogP contribution < -0.4 is 0 Å². The Morgan fingerprint density at radius 2 is 1.79 bits per heavy atom. The average molecular weight is 201 g/mol. The first-order valence-electron chi connectivity index (χ1n) is 4.15. The molecular formula is C9H15NO4. The van der Waals surface area contributed by atoms with E-state index >= 15 is 0 Å². The molecule has 0 aromatic rings. The Labute approximate surface area is 83.6 Å². The average Bonchev–Trinajstić information content (AvgIpc) is 2.20. The molecule has 0 bridgehead atoms. The van der Waals surface area contributed by atoms with Crippen LogP contribution in [0, 0.1) is 23.2 Å². The fourth-order valence-corrected chi connectivity index (χ4v) is 1.19. The number of ether oxygens (including phenoxy) is 3. The van der Waals surface area contributed by atoms with E-state index in [-0.39, 0.29) is 5.92 Å². The largest absolute Gasteiger partial charge is 0.468 e. The van der Waals surface area contributed by atoms with Crippen LogP contribution in [0.4, 0.5) is 0 Å². The zero-order chi connectivity index (χ0) is 11.1. The van der Waals surface area contributed by atoms with Crippen molar-refractivity contribution in [1.29, 1.82) is 5.26 Å². The molecule has 5 nitrogen and oxygen atoms in total. The highest BCUT2D eigenvalue weighted by Crippen LogP contribution is 2.19. The van der Waals surface area contributed by atoms with Crippen LogP contribution in [0.2, 0.25) is 0 Å². The molecule has 0 rings (SSSR count). The van der Waals surface area contributed by atoms with Crippen molar-refractivity contribution in [1.82, 2.24) is 0 Å².